The smallest absolute Gasteiger partial charge is 0.416 e. The summed E-state index contributed by atoms with van der Waals surface area (Å²) in [6.07, 6.45) is -3.70. The minimum Gasteiger partial charge on any atom is -0.484 e. The van der Waals surface area contributed by atoms with E-state index in [0.29, 0.717) is 17.9 Å². The van der Waals surface area contributed by atoms with Crippen molar-refractivity contribution < 1.29 is 32.2 Å². The maximum atomic E-state index is 12.5. The Bertz CT molecular complexity index is 771. The first-order valence-corrected chi connectivity index (χ1v) is 8.16. The van der Waals surface area contributed by atoms with Crippen LogP contribution in [0, 0.1) is 0 Å². The van der Waals surface area contributed by atoms with Crippen molar-refractivity contribution in [2.45, 2.75) is 19.5 Å². The van der Waals surface area contributed by atoms with E-state index in [9.17, 15) is 22.8 Å². The molecule has 0 saturated carbocycles. The second-order valence-corrected chi connectivity index (χ2v) is 5.57. The molecule has 2 aromatic rings. The molecule has 1 N–H and O–H groups in total. The van der Waals surface area contributed by atoms with Crippen LogP contribution in [0.25, 0.3) is 0 Å². The van der Waals surface area contributed by atoms with E-state index in [1.165, 1.54) is 12.1 Å². The number of hydrogen-bond acceptors (Lipinski definition) is 4. The number of amides is 1. The Balaban J connectivity index is 1.84. The number of ether oxygens (including phenoxy) is 2. The van der Waals surface area contributed by atoms with E-state index in [-0.39, 0.29) is 12.4 Å². The van der Waals surface area contributed by atoms with Crippen LogP contribution in [0.3, 0.4) is 0 Å². The standard InChI is InChI=1S/C19H18F3NO4/c1-2-11-26-18(25)13-3-7-15(8-4-13)23-17(24)12-27-16-9-5-14(6-10-16)19(20,21)22/h3-10H,2,11-12H2,1H3,(H,23,24). The third-order valence-electron chi connectivity index (χ3n) is 3.39. The molecule has 0 fully saturated rings. The number of anilines is 1. The number of hydrogen-bond donors (Lipinski definition) is 1. The maximum Gasteiger partial charge on any atom is 0.416 e. The van der Waals surface area contributed by atoms with Gasteiger partial charge in [0.05, 0.1) is 17.7 Å². The predicted octanol–water partition coefficient (Wildman–Crippen LogP) is 4.29. The van der Waals surface area contributed by atoms with Gasteiger partial charge in [0.25, 0.3) is 5.91 Å². The fourth-order valence-electron chi connectivity index (χ4n) is 2.05. The Morgan fingerprint density at radius 3 is 2.19 bits per heavy atom. The van der Waals surface area contributed by atoms with Crippen LogP contribution in [0.5, 0.6) is 5.75 Å². The van der Waals surface area contributed by atoms with Crippen molar-refractivity contribution in [3.05, 3.63) is 59.7 Å². The largest absolute Gasteiger partial charge is 0.484 e. The first kappa shape index (κ1) is 20.3. The molecule has 144 valence electrons. The molecule has 27 heavy (non-hydrogen) atoms. The molecule has 0 saturated heterocycles. The molecule has 0 radical (unpaired) electrons. The maximum absolute atomic E-state index is 12.5. The molecule has 2 aromatic carbocycles. The van der Waals surface area contributed by atoms with E-state index < -0.39 is 23.6 Å². The number of carbonyl (C=O) groups excluding carboxylic acids is 2. The SMILES string of the molecule is CCCOC(=O)c1ccc(NC(=O)COc2ccc(C(F)(F)F)cc2)cc1. The van der Waals surface area contributed by atoms with Crippen molar-refractivity contribution in [1.82, 2.24) is 0 Å². The predicted molar refractivity (Wildman–Crippen MR) is 92.6 cm³/mol. The Kier molecular flexibility index (Phi) is 6.81. The quantitative estimate of drug-likeness (QED) is 0.727. The number of alkyl halides is 3. The van der Waals surface area contributed by atoms with Gasteiger partial charge in [-0.1, -0.05) is 6.92 Å². The van der Waals surface area contributed by atoms with E-state index in [1.54, 1.807) is 12.1 Å². The molecule has 0 unspecified atom stereocenters. The Morgan fingerprint density at radius 2 is 1.63 bits per heavy atom. The topological polar surface area (TPSA) is 64.6 Å². The average Bonchev–Trinajstić information content (AvgIpc) is 2.64. The minimum absolute atomic E-state index is 0.146. The second-order valence-electron chi connectivity index (χ2n) is 5.57. The number of nitrogens with one attached hydrogen (secondary N) is 1. The van der Waals surface area contributed by atoms with Gasteiger partial charge in [-0.3, -0.25) is 4.79 Å². The fourth-order valence-corrected chi connectivity index (χ4v) is 2.05. The molecule has 5 nitrogen and oxygen atoms in total. The number of benzene rings is 2. The van der Waals surface area contributed by atoms with Crippen LogP contribution in [0.15, 0.2) is 48.5 Å². The van der Waals surface area contributed by atoms with Gasteiger partial charge < -0.3 is 14.8 Å². The van der Waals surface area contributed by atoms with Crippen molar-refractivity contribution in [1.29, 1.82) is 0 Å². The second kappa shape index (κ2) is 9.07. The fraction of sp³-hybridized carbons (Fsp3) is 0.263. The Labute approximate surface area is 154 Å². The molecular formula is C19H18F3NO4. The van der Waals surface area contributed by atoms with Gasteiger partial charge in [-0.05, 0) is 55.0 Å². The number of esters is 1. The summed E-state index contributed by atoms with van der Waals surface area (Å²) >= 11 is 0. The summed E-state index contributed by atoms with van der Waals surface area (Å²) in [6, 6.07) is 10.2. The first-order valence-electron chi connectivity index (χ1n) is 8.16. The van der Waals surface area contributed by atoms with Crippen LogP contribution in [-0.4, -0.2) is 25.1 Å². The third-order valence-corrected chi connectivity index (χ3v) is 3.39. The van der Waals surface area contributed by atoms with Gasteiger partial charge in [0.1, 0.15) is 5.75 Å². The lowest BCUT2D eigenvalue weighted by molar-refractivity contribution is -0.137. The summed E-state index contributed by atoms with van der Waals surface area (Å²) < 4.78 is 47.6. The van der Waals surface area contributed by atoms with Gasteiger partial charge in [-0.15, -0.1) is 0 Å². The van der Waals surface area contributed by atoms with Gasteiger partial charge in [-0.25, -0.2) is 4.79 Å². The zero-order valence-corrected chi connectivity index (χ0v) is 14.5. The zero-order valence-electron chi connectivity index (χ0n) is 14.5. The van der Waals surface area contributed by atoms with E-state index in [4.69, 9.17) is 9.47 Å². The lowest BCUT2D eigenvalue weighted by Crippen LogP contribution is -2.20. The number of rotatable bonds is 7. The number of carbonyl (C=O) groups is 2. The van der Waals surface area contributed by atoms with E-state index in [2.05, 4.69) is 5.32 Å². The van der Waals surface area contributed by atoms with Gasteiger partial charge >= 0.3 is 12.1 Å². The highest BCUT2D eigenvalue weighted by molar-refractivity contribution is 5.93. The highest BCUT2D eigenvalue weighted by atomic mass is 19.4. The van der Waals surface area contributed by atoms with Crippen LogP contribution in [0.1, 0.15) is 29.3 Å². The third kappa shape index (κ3) is 6.32. The van der Waals surface area contributed by atoms with Crippen LogP contribution in [0.2, 0.25) is 0 Å². The van der Waals surface area contributed by atoms with Crippen LogP contribution < -0.4 is 10.1 Å². The van der Waals surface area contributed by atoms with Gasteiger partial charge in [0.2, 0.25) is 0 Å². The van der Waals surface area contributed by atoms with Crippen molar-refractivity contribution in [2.24, 2.45) is 0 Å². The highest BCUT2D eigenvalue weighted by Gasteiger charge is 2.30. The zero-order chi connectivity index (χ0) is 19.9. The summed E-state index contributed by atoms with van der Waals surface area (Å²) in [5.74, 6) is -0.788. The van der Waals surface area contributed by atoms with Crippen molar-refractivity contribution in [3.63, 3.8) is 0 Å². The minimum atomic E-state index is -4.43. The van der Waals surface area contributed by atoms with Crippen molar-refractivity contribution >= 4 is 17.6 Å². The molecule has 0 aromatic heterocycles. The summed E-state index contributed by atoms with van der Waals surface area (Å²) in [6.45, 7) is 1.85. The molecule has 0 atom stereocenters. The molecule has 0 aliphatic carbocycles. The molecule has 0 heterocycles. The molecule has 8 heteroatoms. The molecule has 0 bridgehead atoms. The van der Waals surface area contributed by atoms with E-state index in [0.717, 1.165) is 30.7 Å². The normalized spacial score (nSPS) is 11.0. The lowest BCUT2D eigenvalue weighted by Gasteiger charge is -2.10. The highest BCUT2D eigenvalue weighted by Crippen LogP contribution is 2.30. The van der Waals surface area contributed by atoms with Crippen LogP contribution in [0.4, 0.5) is 18.9 Å². The molecule has 0 aliphatic rings. The Hall–Kier alpha value is -3.03. The van der Waals surface area contributed by atoms with Crippen molar-refractivity contribution in [3.8, 4) is 5.75 Å². The summed E-state index contributed by atoms with van der Waals surface area (Å²) in [5, 5.41) is 2.56. The molecule has 0 spiro atoms. The van der Waals surface area contributed by atoms with Gasteiger partial charge in [-0.2, -0.15) is 13.2 Å². The van der Waals surface area contributed by atoms with Gasteiger partial charge in [0.15, 0.2) is 6.61 Å². The van der Waals surface area contributed by atoms with Gasteiger partial charge in [0, 0.05) is 5.69 Å². The number of halogens is 3. The van der Waals surface area contributed by atoms with E-state index >= 15 is 0 Å². The summed E-state index contributed by atoms with van der Waals surface area (Å²) in [7, 11) is 0. The average molecular weight is 381 g/mol. The molecule has 0 aliphatic heterocycles. The van der Waals surface area contributed by atoms with Crippen LogP contribution >= 0.6 is 0 Å². The molecular weight excluding hydrogens is 363 g/mol. The monoisotopic (exact) mass is 381 g/mol. The van der Waals surface area contributed by atoms with Crippen molar-refractivity contribution in [2.75, 3.05) is 18.5 Å². The summed E-state index contributed by atoms with van der Waals surface area (Å²) in [5.41, 5.74) is 0.0161. The first-order chi connectivity index (χ1) is 12.8. The Morgan fingerprint density at radius 1 is 1.00 bits per heavy atom. The lowest BCUT2D eigenvalue weighted by atomic mass is 10.2. The van der Waals surface area contributed by atoms with Crippen LogP contribution in [-0.2, 0) is 15.7 Å². The summed E-state index contributed by atoms with van der Waals surface area (Å²) in [4.78, 5) is 23.5. The molecule has 2 rings (SSSR count). The van der Waals surface area contributed by atoms with E-state index in [1.807, 2.05) is 6.92 Å². The molecule has 1 amide bonds.